The fourth-order valence-electron chi connectivity index (χ4n) is 1.86. The summed E-state index contributed by atoms with van der Waals surface area (Å²) in [5, 5.41) is 18.6. The molecule has 0 radical (unpaired) electrons. The average molecular weight is 331 g/mol. The first-order valence-corrected chi connectivity index (χ1v) is 6.55. The van der Waals surface area contributed by atoms with Gasteiger partial charge in [-0.05, 0) is 24.6 Å². The zero-order chi connectivity index (χ0) is 14.5. The number of hydrogen-bond donors (Lipinski definition) is 2. The Kier molecular flexibility index (Phi) is 5.50. The predicted octanol–water partition coefficient (Wildman–Crippen LogP) is 1.72. The van der Waals surface area contributed by atoms with Gasteiger partial charge >= 0.3 is 11.9 Å². The molecule has 6 heteroatoms. The molecule has 0 amide bonds. The van der Waals surface area contributed by atoms with Crippen LogP contribution < -0.4 is 0 Å². The van der Waals surface area contributed by atoms with Crippen molar-refractivity contribution in [3.8, 4) is 0 Å². The molecule has 0 aliphatic carbocycles. The third-order valence-corrected chi connectivity index (χ3v) is 3.29. The van der Waals surface area contributed by atoms with E-state index in [9.17, 15) is 14.7 Å². The van der Waals surface area contributed by atoms with Crippen molar-refractivity contribution in [2.45, 2.75) is 18.8 Å². The first-order chi connectivity index (χ1) is 8.98. The van der Waals surface area contributed by atoms with Gasteiger partial charge in [0.25, 0.3) is 0 Å². The zero-order valence-electron chi connectivity index (χ0n) is 10.4. The van der Waals surface area contributed by atoms with E-state index >= 15 is 0 Å². The fourth-order valence-corrected chi connectivity index (χ4v) is 2.26. The van der Waals surface area contributed by atoms with Crippen molar-refractivity contribution in [3.05, 3.63) is 34.3 Å². The number of ether oxygens (including phenoxy) is 1. The molecule has 0 bridgehead atoms. The third-order valence-electron chi connectivity index (χ3n) is 2.79. The van der Waals surface area contributed by atoms with Crippen LogP contribution in [0.15, 0.2) is 28.7 Å². The van der Waals surface area contributed by atoms with E-state index < -0.39 is 24.0 Å². The number of halogens is 1. The van der Waals surface area contributed by atoms with Crippen molar-refractivity contribution in [1.29, 1.82) is 0 Å². The Bertz CT molecular complexity index is 474. The zero-order valence-corrected chi connectivity index (χ0v) is 12.0. The number of esters is 1. The molecule has 1 aromatic carbocycles. The minimum Gasteiger partial charge on any atom is -0.480 e. The highest BCUT2D eigenvalue weighted by atomic mass is 79.9. The lowest BCUT2D eigenvalue weighted by Gasteiger charge is -2.27. The summed E-state index contributed by atoms with van der Waals surface area (Å²) >= 11 is 3.24. The maximum absolute atomic E-state index is 12.1. The van der Waals surface area contributed by atoms with Gasteiger partial charge in [0, 0.05) is 17.5 Å². The molecule has 0 aliphatic heterocycles. The molecule has 0 aliphatic rings. The van der Waals surface area contributed by atoms with Crippen LogP contribution in [0.25, 0.3) is 0 Å². The van der Waals surface area contributed by atoms with Gasteiger partial charge in [-0.3, -0.25) is 9.59 Å². The fraction of sp³-hybridized carbons (Fsp3) is 0.385. The van der Waals surface area contributed by atoms with Gasteiger partial charge in [-0.2, -0.15) is 0 Å². The number of hydrogen-bond acceptors (Lipinski definition) is 4. The summed E-state index contributed by atoms with van der Waals surface area (Å²) in [5.74, 6) is -2.20. The van der Waals surface area contributed by atoms with E-state index in [0.29, 0.717) is 4.47 Å². The van der Waals surface area contributed by atoms with Crippen molar-refractivity contribution in [3.63, 3.8) is 0 Å². The highest BCUT2D eigenvalue weighted by Gasteiger charge is 2.49. The summed E-state index contributed by atoms with van der Waals surface area (Å²) in [4.78, 5) is 23.7. The molecule has 104 valence electrons. The van der Waals surface area contributed by atoms with E-state index in [1.165, 1.54) is 6.07 Å². The predicted molar refractivity (Wildman–Crippen MR) is 71.8 cm³/mol. The summed E-state index contributed by atoms with van der Waals surface area (Å²) in [7, 11) is 0. The summed E-state index contributed by atoms with van der Waals surface area (Å²) in [6.07, 6.45) is -0.238. The quantitative estimate of drug-likeness (QED) is 0.612. The Morgan fingerprint density at radius 2 is 2.11 bits per heavy atom. The lowest BCUT2D eigenvalue weighted by molar-refractivity contribution is -0.162. The van der Waals surface area contributed by atoms with Crippen LogP contribution >= 0.6 is 15.9 Å². The second kappa shape index (κ2) is 6.68. The molecule has 0 fully saturated rings. The second-order valence-electron chi connectivity index (χ2n) is 3.91. The van der Waals surface area contributed by atoms with Crippen LogP contribution in [0, 0.1) is 0 Å². The lowest BCUT2D eigenvalue weighted by atomic mass is 9.77. The van der Waals surface area contributed by atoms with Crippen molar-refractivity contribution >= 4 is 27.9 Å². The van der Waals surface area contributed by atoms with Gasteiger partial charge < -0.3 is 14.9 Å². The minimum atomic E-state index is -1.88. The minimum absolute atomic E-state index is 0.0767. The molecule has 1 unspecified atom stereocenters. The van der Waals surface area contributed by atoms with Gasteiger partial charge in [-0.25, -0.2) is 0 Å². The van der Waals surface area contributed by atoms with Crippen LogP contribution in [0.3, 0.4) is 0 Å². The average Bonchev–Trinajstić information content (AvgIpc) is 2.35. The van der Waals surface area contributed by atoms with E-state index in [-0.39, 0.29) is 18.6 Å². The van der Waals surface area contributed by atoms with Crippen molar-refractivity contribution < 1.29 is 24.5 Å². The normalized spacial score (nSPS) is 13.6. The molecule has 0 heterocycles. The maximum atomic E-state index is 12.1. The molecule has 1 aromatic rings. The molecule has 0 saturated heterocycles. The molecule has 0 spiro atoms. The van der Waals surface area contributed by atoms with Gasteiger partial charge in [0.05, 0.1) is 6.61 Å². The number of carbonyl (C=O) groups excluding carboxylic acids is 1. The first kappa shape index (κ1) is 15.7. The largest absolute Gasteiger partial charge is 0.480 e. The molecular weight excluding hydrogens is 316 g/mol. The lowest BCUT2D eigenvalue weighted by Crippen LogP contribution is -2.45. The van der Waals surface area contributed by atoms with Crippen LogP contribution in [-0.4, -0.2) is 35.4 Å². The van der Waals surface area contributed by atoms with E-state index in [0.717, 1.165) is 0 Å². The Morgan fingerprint density at radius 1 is 1.42 bits per heavy atom. The Balaban J connectivity index is 3.39. The molecule has 0 saturated carbocycles. The Morgan fingerprint density at radius 3 is 2.58 bits per heavy atom. The maximum Gasteiger partial charge on any atom is 0.328 e. The number of carboxylic acid groups (broad SMARTS) is 1. The highest BCUT2D eigenvalue weighted by molar-refractivity contribution is 9.10. The highest BCUT2D eigenvalue weighted by Crippen LogP contribution is 2.32. The number of benzene rings is 1. The number of rotatable bonds is 6. The van der Waals surface area contributed by atoms with Crippen LogP contribution in [0.5, 0.6) is 0 Å². The summed E-state index contributed by atoms with van der Waals surface area (Å²) in [6, 6.07) is 6.43. The molecule has 1 atom stereocenters. The van der Waals surface area contributed by atoms with Gasteiger partial charge in [-0.1, -0.05) is 28.1 Å². The Labute approximate surface area is 119 Å². The van der Waals surface area contributed by atoms with Gasteiger partial charge in [0.2, 0.25) is 0 Å². The van der Waals surface area contributed by atoms with Crippen molar-refractivity contribution in [2.24, 2.45) is 0 Å². The van der Waals surface area contributed by atoms with Gasteiger partial charge in [-0.15, -0.1) is 0 Å². The molecule has 1 rings (SSSR count). The standard InChI is InChI=1S/C13H15BrO5/c1-2-19-12(18)13(6-7-15,11(16)17)9-4-3-5-10(14)8-9/h3-5,8,15H,2,6-7H2,1H3,(H,16,17). The second-order valence-corrected chi connectivity index (χ2v) is 4.83. The first-order valence-electron chi connectivity index (χ1n) is 5.76. The summed E-state index contributed by atoms with van der Waals surface area (Å²) in [6.45, 7) is 1.25. The molecule has 19 heavy (non-hydrogen) atoms. The van der Waals surface area contributed by atoms with Crippen LogP contribution in [0.2, 0.25) is 0 Å². The summed E-state index contributed by atoms with van der Waals surface area (Å²) in [5.41, 5.74) is -1.60. The van der Waals surface area contributed by atoms with Crippen molar-refractivity contribution in [2.75, 3.05) is 13.2 Å². The van der Waals surface area contributed by atoms with E-state index in [1.54, 1.807) is 25.1 Å². The molecule has 5 nitrogen and oxygen atoms in total. The SMILES string of the molecule is CCOC(=O)C(CCO)(C(=O)O)c1cccc(Br)c1. The van der Waals surface area contributed by atoms with Crippen LogP contribution in [0.1, 0.15) is 18.9 Å². The number of aliphatic carboxylic acids is 1. The number of aliphatic hydroxyl groups excluding tert-OH is 1. The van der Waals surface area contributed by atoms with E-state index in [1.807, 2.05) is 0 Å². The van der Waals surface area contributed by atoms with Crippen LogP contribution in [0.4, 0.5) is 0 Å². The van der Waals surface area contributed by atoms with Gasteiger partial charge in [0.1, 0.15) is 0 Å². The van der Waals surface area contributed by atoms with E-state index in [4.69, 9.17) is 9.84 Å². The number of carboxylic acids is 1. The van der Waals surface area contributed by atoms with E-state index in [2.05, 4.69) is 15.9 Å². The molecule has 2 N–H and O–H groups in total. The van der Waals surface area contributed by atoms with Crippen LogP contribution in [-0.2, 0) is 19.7 Å². The third kappa shape index (κ3) is 3.13. The smallest absolute Gasteiger partial charge is 0.328 e. The topological polar surface area (TPSA) is 83.8 Å². The van der Waals surface area contributed by atoms with Crippen molar-refractivity contribution in [1.82, 2.24) is 0 Å². The number of aliphatic hydroxyl groups is 1. The molecular formula is C13H15BrO5. The monoisotopic (exact) mass is 330 g/mol. The molecule has 0 aromatic heterocycles. The Hall–Kier alpha value is -1.40. The van der Waals surface area contributed by atoms with Gasteiger partial charge in [0.15, 0.2) is 5.41 Å². The number of carbonyl (C=O) groups is 2. The summed E-state index contributed by atoms with van der Waals surface area (Å²) < 4.78 is 5.52.